The number of thiophene rings is 1. The summed E-state index contributed by atoms with van der Waals surface area (Å²) < 4.78 is 0. The van der Waals surface area contributed by atoms with Gasteiger partial charge in [0.2, 0.25) is 5.78 Å². The van der Waals surface area contributed by atoms with Crippen LogP contribution in [0.15, 0.2) is 96.4 Å². The molecule has 0 radical (unpaired) electrons. The summed E-state index contributed by atoms with van der Waals surface area (Å²) in [5.74, 6) is 0.0756. The van der Waals surface area contributed by atoms with Crippen molar-refractivity contribution in [2.75, 3.05) is 0 Å². The first-order valence-corrected chi connectivity index (χ1v) is 9.04. The SMILES string of the molecule is O=C(c1ccccc1)c1scc(-c2ccccc2)c1-c1ccccc1. The van der Waals surface area contributed by atoms with Gasteiger partial charge in [0, 0.05) is 16.7 Å². The van der Waals surface area contributed by atoms with Gasteiger partial charge in [0.25, 0.3) is 0 Å². The molecular weight excluding hydrogens is 324 g/mol. The Morgan fingerprint density at radius 1 is 0.640 bits per heavy atom. The van der Waals surface area contributed by atoms with Gasteiger partial charge in [0.15, 0.2) is 0 Å². The Balaban J connectivity index is 1.91. The molecule has 120 valence electrons. The van der Waals surface area contributed by atoms with Crippen molar-refractivity contribution in [1.29, 1.82) is 0 Å². The maximum atomic E-state index is 13.1. The average molecular weight is 340 g/mol. The Morgan fingerprint density at radius 3 is 1.76 bits per heavy atom. The smallest absolute Gasteiger partial charge is 0.203 e. The van der Waals surface area contributed by atoms with Crippen LogP contribution in [-0.4, -0.2) is 5.78 Å². The van der Waals surface area contributed by atoms with Crippen LogP contribution in [0.4, 0.5) is 0 Å². The molecule has 0 bridgehead atoms. The fraction of sp³-hybridized carbons (Fsp3) is 0. The van der Waals surface area contributed by atoms with E-state index in [1.54, 1.807) is 0 Å². The van der Waals surface area contributed by atoms with Crippen LogP contribution in [-0.2, 0) is 0 Å². The molecule has 2 heteroatoms. The summed E-state index contributed by atoms with van der Waals surface area (Å²) >= 11 is 1.52. The number of hydrogen-bond acceptors (Lipinski definition) is 2. The van der Waals surface area contributed by atoms with Crippen LogP contribution >= 0.6 is 11.3 Å². The number of carbonyl (C=O) groups excluding carboxylic acids is 1. The molecule has 25 heavy (non-hydrogen) atoms. The van der Waals surface area contributed by atoms with Crippen LogP contribution in [0.5, 0.6) is 0 Å². The van der Waals surface area contributed by atoms with Gasteiger partial charge in [-0.05, 0) is 16.5 Å². The predicted molar refractivity (Wildman–Crippen MR) is 105 cm³/mol. The molecule has 3 aromatic carbocycles. The highest BCUT2D eigenvalue weighted by atomic mass is 32.1. The molecule has 0 unspecified atom stereocenters. The third-order valence-corrected chi connectivity index (χ3v) is 5.16. The molecule has 4 rings (SSSR count). The molecule has 0 fully saturated rings. The molecule has 0 saturated carbocycles. The standard InChI is InChI=1S/C23H16OS/c24-22(19-14-8-3-9-15-19)23-21(18-12-6-2-7-13-18)20(16-25-23)17-10-4-1-5-11-17/h1-16H. The lowest BCUT2D eigenvalue weighted by molar-refractivity contribution is 0.104. The molecule has 0 aliphatic heterocycles. The maximum absolute atomic E-state index is 13.1. The van der Waals surface area contributed by atoms with E-state index in [2.05, 4.69) is 29.6 Å². The maximum Gasteiger partial charge on any atom is 0.203 e. The van der Waals surface area contributed by atoms with E-state index in [4.69, 9.17) is 0 Å². The van der Waals surface area contributed by atoms with Gasteiger partial charge in [-0.1, -0.05) is 91.0 Å². The van der Waals surface area contributed by atoms with Crippen molar-refractivity contribution in [2.45, 2.75) is 0 Å². The van der Waals surface area contributed by atoms with Crippen LogP contribution in [0.1, 0.15) is 15.2 Å². The van der Waals surface area contributed by atoms with Crippen LogP contribution in [0.2, 0.25) is 0 Å². The van der Waals surface area contributed by atoms with Crippen molar-refractivity contribution in [1.82, 2.24) is 0 Å². The minimum atomic E-state index is 0.0756. The summed E-state index contributed by atoms with van der Waals surface area (Å²) in [6.45, 7) is 0. The molecule has 0 N–H and O–H groups in total. The quantitative estimate of drug-likeness (QED) is 0.398. The van der Waals surface area contributed by atoms with E-state index in [1.165, 1.54) is 11.3 Å². The summed E-state index contributed by atoms with van der Waals surface area (Å²) in [6, 6.07) is 29.9. The zero-order valence-electron chi connectivity index (χ0n) is 13.6. The van der Waals surface area contributed by atoms with Crippen LogP contribution in [0, 0.1) is 0 Å². The first kappa shape index (κ1) is 15.6. The van der Waals surface area contributed by atoms with Gasteiger partial charge in [0.1, 0.15) is 0 Å². The average Bonchev–Trinajstić information content (AvgIpc) is 3.14. The first-order valence-electron chi connectivity index (χ1n) is 8.16. The van der Waals surface area contributed by atoms with Crippen molar-refractivity contribution in [2.24, 2.45) is 0 Å². The topological polar surface area (TPSA) is 17.1 Å². The van der Waals surface area contributed by atoms with Crippen molar-refractivity contribution < 1.29 is 4.79 Å². The molecule has 0 aliphatic rings. The monoisotopic (exact) mass is 340 g/mol. The molecule has 0 amide bonds. The van der Waals surface area contributed by atoms with Crippen LogP contribution < -0.4 is 0 Å². The second-order valence-electron chi connectivity index (χ2n) is 5.78. The van der Waals surface area contributed by atoms with Gasteiger partial charge in [-0.2, -0.15) is 0 Å². The van der Waals surface area contributed by atoms with E-state index in [-0.39, 0.29) is 5.78 Å². The van der Waals surface area contributed by atoms with Crippen molar-refractivity contribution >= 4 is 17.1 Å². The van der Waals surface area contributed by atoms with E-state index in [1.807, 2.05) is 66.7 Å². The predicted octanol–water partition coefficient (Wildman–Crippen LogP) is 6.31. The molecular formula is C23H16OS. The highest BCUT2D eigenvalue weighted by Gasteiger charge is 2.21. The van der Waals surface area contributed by atoms with E-state index >= 15 is 0 Å². The second-order valence-corrected chi connectivity index (χ2v) is 6.66. The third kappa shape index (κ3) is 3.04. The minimum absolute atomic E-state index is 0.0756. The molecule has 0 aliphatic carbocycles. The Bertz CT molecular complexity index is 986. The van der Waals surface area contributed by atoms with Crippen molar-refractivity contribution in [3.63, 3.8) is 0 Å². The second kappa shape index (κ2) is 6.88. The Hall–Kier alpha value is -2.97. The Labute approximate surface area is 151 Å². The fourth-order valence-corrected chi connectivity index (χ4v) is 4.03. The molecule has 1 aromatic heterocycles. The van der Waals surface area contributed by atoms with Gasteiger partial charge < -0.3 is 0 Å². The lowest BCUT2D eigenvalue weighted by Gasteiger charge is -2.08. The molecule has 0 atom stereocenters. The molecule has 1 nitrogen and oxygen atoms in total. The van der Waals surface area contributed by atoms with Crippen molar-refractivity contribution in [3.05, 3.63) is 107 Å². The van der Waals surface area contributed by atoms with Crippen molar-refractivity contribution in [3.8, 4) is 22.3 Å². The number of hydrogen-bond donors (Lipinski definition) is 0. The van der Waals surface area contributed by atoms with E-state index < -0.39 is 0 Å². The van der Waals surface area contributed by atoms with Gasteiger partial charge in [0.05, 0.1) is 4.88 Å². The number of benzene rings is 3. The van der Waals surface area contributed by atoms with Crippen LogP contribution in [0.3, 0.4) is 0 Å². The third-order valence-electron chi connectivity index (χ3n) is 4.18. The first-order chi connectivity index (χ1) is 12.3. The highest BCUT2D eigenvalue weighted by Crippen LogP contribution is 2.40. The van der Waals surface area contributed by atoms with Gasteiger partial charge >= 0.3 is 0 Å². The van der Waals surface area contributed by atoms with E-state index in [0.717, 1.165) is 32.7 Å². The number of carbonyl (C=O) groups is 1. The van der Waals surface area contributed by atoms with E-state index in [9.17, 15) is 4.79 Å². The van der Waals surface area contributed by atoms with Gasteiger partial charge in [-0.3, -0.25) is 4.79 Å². The zero-order valence-corrected chi connectivity index (χ0v) is 14.4. The summed E-state index contributed by atoms with van der Waals surface area (Å²) in [5, 5.41) is 2.09. The highest BCUT2D eigenvalue weighted by molar-refractivity contribution is 7.13. The minimum Gasteiger partial charge on any atom is -0.288 e. The molecule has 1 heterocycles. The molecule has 4 aromatic rings. The lowest BCUT2D eigenvalue weighted by atomic mass is 9.94. The summed E-state index contributed by atoms with van der Waals surface area (Å²) in [6.07, 6.45) is 0. The molecule has 0 spiro atoms. The number of rotatable bonds is 4. The lowest BCUT2D eigenvalue weighted by Crippen LogP contribution is -2.00. The Morgan fingerprint density at radius 2 is 1.16 bits per heavy atom. The normalized spacial score (nSPS) is 10.6. The zero-order chi connectivity index (χ0) is 17.1. The summed E-state index contributed by atoms with van der Waals surface area (Å²) in [4.78, 5) is 13.9. The molecule has 0 saturated heterocycles. The van der Waals surface area contributed by atoms with Crippen LogP contribution in [0.25, 0.3) is 22.3 Å². The number of ketones is 1. The Kier molecular flexibility index (Phi) is 4.28. The van der Waals surface area contributed by atoms with E-state index in [0.29, 0.717) is 0 Å². The van der Waals surface area contributed by atoms with Gasteiger partial charge in [-0.25, -0.2) is 0 Å². The summed E-state index contributed by atoms with van der Waals surface area (Å²) in [5.41, 5.74) is 5.05. The van der Waals surface area contributed by atoms with Gasteiger partial charge in [-0.15, -0.1) is 11.3 Å². The summed E-state index contributed by atoms with van der Waals surface area (Å²) in [7, 11) is 0. The fourth-order valence-electron chi connectivity index (χ4n) is 2.97. The largest absolute Gasteiger partial charge is 0.288 e.